The zero-order valence-electron chi connectivity index (χ0n) is 22.4. The van der Waals surface area contributed by atoms with Crippen molar-refractivity contribution in [2.24, 2.45) is 0 Å². The number of rotatable bonds is 14. The van der Waals surface area contributed by atoms with Crippen molar-refractivity contribution in [1.29, 1.82) is 0 Å². The summed E-state index contributed by atoms with van der Waals surface area (Å²) in [4.78, 5) is 13.7. The van der Waals surface area contributed by atoms with Gasteiger partial charge in [-0.3, -0.25) is 0 Å². The van der Waals surface area contributed by atoms with Gasteiger partial charge in [0.2, 0.25) is 0 Å². The molecular weight excluding hydrogens is 450 g/mol. The summed E-state index contributed by atoms with van der Waals surface area (Å²) in [5.74, 6) is -0.199. The summed E-state index contributed by atoms with van der Waals surface area (Å²) in [6.07, 6.45) is 9.48. The van der Waals surface area contributed by atoms with Gasteiger partial charge in [0.1, 0.15) is 22.5 Å². The largest absolute Gasteiger partial charge is 0.505 e. The van der Waals surface area contributed by atoms with Crippen LogP contribution < -0.4 is 0 Å². The summed E-state index contributed by atoms with van der Waals surface area (Å²) < 4.78 is 5.44. The Morgan fingerprint density at radius 3 is 1.86 bits per heavy atom. The van der Waals surface area contributed by atoms with Gasteiger partial charge < -0.3 is 9.84 Å². The minimum atomic E-state index is -0.407. The van der Waals surface area contributed by atoms with Crippen LogP contribution in [-0.4, -0.2) is 32.7 Å². The number of hydrogen-bond acceptors (Lipinski definition) is 5. The fourth-order valence-electron chi connectivity index (χ4n) is 4.68. The molecule has 0 spiro atoms. The maximum Gasteiger partial charge on any atom is 0.333 e. The van der Waals surface area contributed by atoms with E-state index >= 15 is 0 Å². The Morgan fingerprint density at radius 1 is 0.861 bits per heavy atom. The normalized spacial score (nSPS) is 11.2. The van der Waals surface area contributed by atoms with Gasteiger partial charge >= 0.3 is 5.97 Å². The highest BCUT2D eigenvalue weighted by molar-refractivity contribution is 5.86. The summed E-state index contributed by atoms with van der Waals surface area (Å²) in [6, 6.07) is 7.77. The van der Waals surface area contributed by atoms with E-state index in [4.69, 9.17) is 14.9 Å². The van der Waals surface area contributed by atoms with Gasteiger partial charge in [0.05, 0.1) is 6.61 Å². The maximum atomic E-state index is 12.0. The van der Waals surface area contributed by atoms with Crippen LogP contribution >= 0.6 is 0 Å². The smallest absolute Gasteiger partial charge is 0.333 e. The van der Waals surface area contributed by atoms with Crippen molar-refractivity contribution in [3.63, 3.8) is 0 Å². The first kappa shape index (κ1) is 27.4. The SMILES string of the molecule is C=C(C)C(=O)OCCc1c(O)c(-n2nc3ccccc3n2)c(CCCC)c(CCCC)c1CCCC. The lowest BCUT2D eigenvalue weighted by molar-refractivity contribution is -0.138. The van der Waals surface area contributed by atoms with E-state index in [1.165, 1.54) is 11.1 Å². The first-order valence-corrected chi connectivity index (χ1v) is 13.5. The monoisotopic (exact) mass is 491 g/mol. The quantitative estimate of drug-likeness (QED) is 0.198. The number of phenols is 1. The van der Waals surface area contributed by atoms with Gasteiger partial charge in [0.15, 0.2) is 0 Å². The molecule has 1 heterocycles. The molecule has 194 valence electrons. The second-order valence-electron chi connectivity index (χ2n) is 9.57. The number of esters is 1. The standard InChI is InChI=1S/C30H41N3O3/c1-6-9-14-22-23(15-10-7-2)25(19-20-36-30(35)21(4)5)29(34)28(24(22)16-11-8-3)33-31-26-17-12-13-18-27(26)32-33/h12-13,17-18,34H,4,6-11,14-16,19-20H2,1-3,5H3. The Hall–Kier alpha value is -3.15. The lowest BCUT2D eigenvalue weighted by Crippen LogP contribution is -2.15. The molecule has 0 fully saturated rings. The predicted molar refractivity (Wildman–Crippen MR) is 146 cm³/mol. The van der Waals surface area contributed by atoms with Gasteiger partial charge in [0, 0.05) is 17.6 Å². The zero-order valence-corrected chi connectivity index (χ0v) is 22.4. The van der Waals surface area contributed by atoms with E-state index in [2.05, 4.69) is 27.4 Å². The molecule has 0 amide bonds. The molecule has 1 N–H and O–H groups in total. The van der Waals surface area contributed by atoms with Crippen LogP contribution in [0.3, 0.4) is 0 Å². The zero-order chi connectivity index (χ0) is 26.1. The molecule has 0 aliphatic carbocycles. The van der Waals surface area contributed by atoms with Gasteiger partial charge in [-0.1, -0.05) is 58.7 Å². The lowest BCUT2D eigenvalue weighted by Gasteiger charge is -2.24. The average molecular weight is 492 g/mol. The highest BCUT2D eigenvalue weighted by atomic mass is 16.5. The Bertz CT molecular complexity index is 1160. The Kier molecular flexibility index (Phi) is 10.1. The van der Waals surface area contributed by atoms with E-state index in [0.29, 0.717) is 17.7 Å². The third-order valence-corrected chi connectivity index (χ3v) is 6.65. The number of aromatic hydroxyl groups is 1. The van der Waals surface area contributed by atoms with Crippen LogP contribution in [0.1, 0.15) is 88.5 Å². The molecule has 0 saturated carbocycles. The number of fused-ring (bicyclic) bond motifs is 1. The first-order chi connectivity index (χ1) is 17.4. The fraction of sp³-hybridized carbons (Fsp3) is 0.500. The van der Waals surface area contributed by atoms with E-state index in [9.17, 15) is 9.90 Å². The van der Waals surface area contributed by atoms with Gasteiger partial charge in [-0.15, -0.1) is 15.0 Å². The molecule has 0 aliphatic heterocycles. The summed E-state index contributed by atoms with van der Waals surface area (Å²) in [6.45, 7) is 12.1. The lowest BCUT2D eigenvalue weighted by atomic mass is 9.85. The molecule has 0 radical (unpaired) electrons. The van der Waals surface area contributed by atoms with E-state index in [1.807, 2.05) is 24.3 Å². The molecular formula is C30H41N3O3. The molecule has 0 unspecified atom stereocenters. The van der Waals surface area contributed by atoms with Crippen molar-refractivity contribution >= 4 is 17.0 Å². The van der Waals surface area contributed by atoms with Crippen LogP contribution in [0.25, 0.3) is 16.7 Å². The van der Waals surface area contributed by atoms with Crippen molar-refractivity contribution in [3.8, 4) is 11.4 Å². The first-order valence-electron chi connectivity index (χ1n) is 13.5. The average Bonchev–Trinajstić information content (AvgIpc) is 3.30. The highest BCUT2D eigenvalue weighted by Crippen LogP contribution is 2.39. The second-order valence-corrected chi connectivity index (χ2v) is 9.57. The van der Waals surface area contributed by atoms with Gasteiger partial charge in [-0.05, 0) is 74.3 Å². The molecule has 0 atom stereocenters. The maximum absolute atomic E-state index is 12.0. The van der Waals surface area contributed by atoms with Crippen molar-refractivity contribution in [1.82, 2.24) is 15.0 Å². The third kappa shape index (κ3) is 6.34. The fourth-order valence-corrected chi connectivity index (χ4v) is 4.68. The van der Waals surface area contributed by atoms with Gasteiger partial charge in [0.25, 0.3) is 0 Å². The summed E-state index contributed by atoms with van der Waals surface area (Å²) >= 11 is 0. The number of ether oxygens (including phenoxy) is 1. The van der Waals surface area contributed by atoms with Crippen molar-refractivity contribution in [3.05, 3.63) is 58.7 Å². The number of aromatic nitrogens is 3. The van der Waals surface area contributed by atoms with Gasteiger partial charge in [-0.25, -0.2) is 4.79 Å². The molecule has 0 bridgehead atoms. The number of phenolic OH excluding ortho intramolecular Hbond substituents is 1. The number of unbranched alkanes of at least 4 members (excludes halogenated alkanes) is 3. The third-order valence-electron chi connectivity index (χ3n) is 6.65. The van der Waals surface area contributed by atoms with E-state index < -0.39 is 5.97 Å². The number of benzene rings is 2. The van der Waals surface area contributed by atoms with Crippen LogP contribution in [0.5, 0.6) is 5.75 Å². The topological polar surface area (TPSA) is 77.2 Å². The van der Waals surface area contributed by atoms with Crippen LogP contribution in [-0.2, 0) is 35.2 Å². The number of nitrogens with zero attached hydrogens (tertiary/aromatic N) is 3. The molecule has 0 saturated heterocycles. The summed E-state index contributed by atoms with van der Waals surface area (Å²) in [5, 5.41) is 21.3. The number of carbonyl (C=O) groups is 1. The molecule has 1 aromatic heterocycles. The summed E-state index contributed by atoms with van der Waals surface area (Å²) in [7, 11) is 0. The number of hydrogen-bond donors (Lipinski definition) is 1. The van der Waals surface area contributed by atoms with Crippen molar-refractivity contribution in [2.45, 2.75) is 91.9 Å². The van der Waals surface area contributed by atoms with E-state index in [-0.39, 0.29) is 12.4 Å². The second kappa shape index (κ2) is 13.2. The molecule has 0 aliphatic rings. The molecule has 3 rings (SSSR count). The molecule has 3 aromatic rings. The van der Waals surface area contributed by atoms with Crippen LogP contribution in [0.2, 0.25) is 0 Å². The van der Waals surface area contributed by atoms with Crippen LogP contribution in [0.4, 0.5) is 0 Å². The van der Waals surface area contributed by atoms with Crippen LogP contribution in [0.15, 0.2) is 36.4 Å². The summed E-state index contributed by atoms with van der Waals surface area (Å²) in [5.41, 5.74) is 7.15. The van der Waals surface area contributed by atoms with Crippen molar-refractivity contribution < 1.29 is 14.6 Å². The molecule has 6 heteroatoms. The molecule has 36 heavy (non-hydrogen) atoms. The number of carbonyl (C=O) groups excluding carboxylic acids is 1. The minimum absolute atomic E-state index is 0.188. The van der Waals surface area contributed by atoms with Gasteiger partial charge in [-0.2, -0.15) is 0 Å². The van der Waals surface area contributed by atoms with Crippen LogP contribution in [0, 0.1) is 0 Å². The molecule has 2 aromatic carbocycles. The van der Waals surface area contributed by atoms with E-state index in [0.717, 1.165) is 79.9 Å². The Morgan fingerprint density at radius 2 is 1.36 bits per heavy atom. The van der Waals surface area contributed by atoms with E-state index in [1.54, 1.807) is 11.7 Å². The highest BCUT2D eigenvalue weighted by Gasteiger charge is 2.25. The predicted octanol–water partition coefficient (Wildman–Crippen LogP) is 6.82. The Labute approximate surface area is 215 Å². The van der Waals surface area contributed by atoms with Crippen molar-refractivity contribution in [2.75, 3.05) is 6.61 Å². The molecule has 6 nitrogen and oxygen atoms in total. The Balaban J connectivity index is 2.23. The minimum Gasteiger partial charge on any atom is -0.505 e.